The summed E-state index contributed by atoms with van der Waals surface area (Å²) >= 11 is 0. The highest BCUT2D eigenvalue weighted by atomic mass is 35.5. The summed E-state index contributed by atoms with van der Waals surface area (Å²) in [6.07, 6.45) is 1.58. The molecule has 0 saturated carbocycles. The van der Waals surface area contributed by atoms with Crippen molar-refractivity contribution < 1.29 is 4.74 Å². The Morgan fingerprint density at radius 1 is 1.47 bits per heavy atom. The summed E-state index contributed by atoms with van der Waals surface area (Å²) < 4.78 is 5.60. The highest BCUT2D eigenvalue weighted by Gasteiger charge is 2.12. The van der Waals surface area contributed by atoms with Crippen LogP contribution in [0, 0.1) is 5.41 Å². The molecule has 0 aliphatic heterocycles. The summed E-state index contributed by atoms with van der Waals surface area (Å²) in [5.74, 6) is 0.627. The molecule has 1 aromatic rings. The SMILES string of the molecule is CC(C)(C)Oc1ccnc(C(=N)N)c1.Cl. The van der Waals surface area contributed by atoms with Crippen LogP contribution in [-0.2, 0) is 0 Å². The molecule has 0 aromatic carbocycles. The number of ether oxygens (including phenoxy) is 1. The molecule has 0 radical (unpaired) electrons. The van der Waals surface area contributed by atoms with E-state index in [2.05, 4.69) is 4.98 Å². The number of nitrogens with zero attached hydrogens (tertiary/aromatic N) is 1. The Kier molecular flexibility index (Phi) is 4.55. The van der Waals surface area contributed by atoms with Crippen molar-refractivity contribution in [1.29, 1.82) is 5.41 Å². The molecular weight excluding hydrogens is 214 g/mol. The molecule has 0 spiro atoms. The minimum absolute atomic E-state index is 0. The van der Waals surface area contributed by atoms with Gasteiger partial charge in [0.2, 0.25) is 0 Å². The molecule has 0 saturated heterocycles. The van der Waals surface area contributed by atoms with Gasteiger partial charge >= 0.3 is 0 Å². The van der Waals surface area contributed by atoms with Gasteiger partial charge in [0.1, 0.15) is 22.9 Å². The Morgan fingerprint density at radius 3 is 2.53 bits per heavy atom. The number of amidine groups is 1. The molecule has 0 aliphatic carbocycles. The van der Waals surface area contributed by atoms with E-state index in [1.165, 1.54) is 0 Å². The maximum Gasteiger partial charge on any atom is 0.141 e. The van der Waals surface area contributed by atoms with Gasteiger partial charge in [-0.05, 0) is 26.8 Å². The molecule has 84 valence electrons. The molecule has 0 bridgehead atoms. The molecule has 0 fully saturated rings. The van der Waals surface area contributed by atoms with E-state index >= 15 is 0 Å². The lowest BCUT2D eigenvalue weighted by atomic mass is 10.2. The number of nitrogens with one attached hydrogen (secondary N) is 1. The lowest BCUT2D eigenvalue weighted by molar-refractivity contribution is 0.131. The number of nitrogens with two attached hydrogens (primary N) is 1. The Morgan fingerprint density at radius 2 is 2.07 bits per heavy atom. The molecule has 0 atom stereocenters. The minimum atomic E-state index is -0.255. The van der Waals surface area contributed by atoms with E-state index in [-0.39, 0.29) is 23.8 Å². The summed E-state index contributed by atoms with van der Waals surface area (Å²) in [5, 5.41) is 7.22. The first-order valence-electron chi connectivity index (χ1n) is 4.38. The van der Waals surface area contributed by atoms with Crippen molar-refractivity contribution >= 4 is 18.2 Å². The van der Waals surface area contributed by atoms with Crippen LogP contribution in [0.25, 0.3) is 0 Å². The van der Waals surface area contributed by atoms with Crippen LogP contribution in [0.3, 0.4) is 0 Å². The molecule has 1 rings (SSSR count). The van der Waals surface area contributed by atoms with Crippen molar-refractivity contribution in [3.05, 3.63) is 24.0 Å². The first kappa shape index (κ1) is 13.7. The van der Waals surface area contributed by atoms with Gasteiger partial charge in [0.05, 0.1) is 0 Å². The fourth-order valence-electron chi connectivity index (χ4n) is 0.975. The van der Waals surface area contributed by atoms with Crippen LogP contribution in [0.5, 0.6) is 5.75 Å². The predicted octanol–water partition coefficient (Wildman–Crippen LogP) is 1.96. The first-order valence-corrected chi connectivity index (χ1v) is 4.38. The van der Waals surface area contributed by atoms with E-state index in [4.69, 9.17) is 15.9 Å². The lowest BCUT2D eigenvalue weighted by Crippen LogP contribution is -2.23. The zero-order valence-electron chi connectivity index (χ0n) is 9.07. The molecule has 15 heavy (non-hydrogen) atoms. The second-order valence-electron chi connectivity index (χ2n) is 4.00. The third-order valence-corrected chi connectivity index (χ3v) is 1.43. The molecule has 3 N–H and O–H groups in total. The van der Waals surface area contributed by atoms with E-state index in [1.54, 1.807) is 18.3 Å². The molecule has 1 aromatic heterocycles. The van der Waals surface area contributed by atoms with Gasteiger partial charge in [0.15, 0.2) is 0 Å². The number of aromatic nitrogens is 1. The second-order valence-corrected chi connectivity index (χ2v) is 4.00. The van der Waals surface area contributed by atoms with Crippen molar-refractivity contribution in [2.45, 2.75) is 26.4 Å². The maximum absolute atomic E-state index is 7.22. The van der Waals surface area contributed by atoms with Gasteiger partial charge < -0.3 is 10.5 Å². The summed E-state index contributed by atoms with van der Waals surface area (Å²) in [6.45, 7) is 5.88. The number of nitrogen functional groups attached to an aromatic ring is 1. The third kappa shape index (κ3) is 4.65. The van der Waals surface area contributed by atoms with Gasteiger partial charge in [-0.2, -0.15) is 0 Å². The quantitative estimate of drug-likeness (QED) is 0.602. The summed E-state index contributed by atoms with van der Waals surface area (Å²) in [7, 11) is 0. The Balaban J connectivity index is 0.00000196. The van der Waals surface area contributed by atoms with Gasteiger partial charge in [-0.15, -0.1) is 12.4 Å². The second kappa shape index (κ2) is 4.98. The standard InChI is InChI=1S/C10H15N3O.ClH/c1-10(2,3)14-7-4-5-13-8(6-7)9(11)12;/h4-6H,1-3H3,(H3,11,12);1H. The van der Waals surface area contributed by atoms with Crippen molar-refractivity contribution in [3.8, 4) is 5.75 Å². The van der Waals surface area contributed by atoms with Crippen LogP contribution in [0.15, 0.2) is 18.3 Å². The summed E-state index contributed by atoms with van der Waals surface area (Å²) in [4.78, 5) is 3.94. The van der Waals surface area contributed by atoms with Crippen LogP contribution < -0.4 is 10.5 Å². The number of rotatable bonds is 2. The zero-order valence-corrected chi connectivity index (χ0v) is 9.89. The number of halogens is 1. The monoisotopic (exact) mass is 229 g/mol. The van der Waals surface area contributed by atoms with Gasteiger partial charge in [0.25, 0.3) is 0 Å². The maximum atomic E-state index is 7.22. The van der Waals surface area contributed by atoms with Gasteiger partial charge in [0, 0.05) is 12.3 Å². The van der Waals surface area contributed by atoms with Gasteiger partial charge in [-0.1, -0.05) is 0 Å². The van der Waals surface area contributed by atoms with Crippen molar-refractivity contribution in [2.75, 3.05) is 0 Å². The third-order valence-electron chi connectivity index (χ3n) is 1.43. The first-order chi connectivity index (χ1) is 6.38. The largest absolute Gasteiger partial charge is 0.488 e. The number of pyridine rings is 1. The van der Waals surface area contributed by atoms with Crippen LogP contribution in [0.2, 0.25) is 0 Å². The summed E-state index contributed by atoms with van der Waals surface area (Å²) in [6, 6.07) is 3.41. The topological polar surface area (TPSA) is 72.0 Å². The highest BCUT2D eigenvalue weighted by molar-refractivity contribution is 5.93. The smallest absolute Gasteiger partial charge is 0.141 e. The fourth-order valence-corrected chi connectivity index (χ4v) is 0.975. The molecule has 4 nitrogen and oxygen atoms in total. The molecular formula is C10H16ClN3O. The predicted molar refractivity (Wildman–Crippen MR) is 62.9 cm³/mol. The van der Waals surface area contributed by atoms with E-state index in [0.29, 0.717) is 11.4 Å². The number of hydrogen-bond donors (Lipinski definition) is 2. The fraction of sp³-hybridized carbons (Fsp3) is 0.400. The van der Waals surface area contributed by atoms with Gasteiger partial charge in [-0.3, -0.25) is 10.4 Å². The molecule has 0 aliphatic rings. The Bertz CT molecular complexity index is 347. The molecule has 5 heteroatoms. The zero-order chi connectivity index (χ0) is 10.8. The minimum Gasteiger partial charge on any atom is -0.488 e. The van der Waals surface area contributed by atoms with Crippen LogP contribution >= 0.6 is 12.4 Å². The van der Waals surface area contributed by atoms with E-state index < -0.39 is 0 Å². The van der Waals surface area contributed by atoms with Gasteiger partial charge in [-0.25, -0.2) is 0 Å². The molecule has 1 heterocycles. The molecule has 0 unspecified atom stereocenters. The average Bonchev–Trinajstić information content (AvgIpc) is 2.01. The summed E-state index contributed by atoms with van der Waals surface area (Å²) in [5.41, 5.74) is 5.49. The van der Waals surface area contributed by atoms with E-state index in [9.17, 15) is 0 Å². The Labute approximate surface area is 95.8 Å². The number of hydrogen-bond acceptors (Lipinski definition) is 3. The van der Waals surface area contributed by atoms with Crippen molar-refractivity contribution in [1.82, 2.24) is 4.98 Å². The normalized spacial score (nSPS) is 10.3. The van der Waals surface area contributed by atoms with Crippen LogP contribution in [-0.4, -0.2) is 16.4 Å². The highest BCUT2D eigenvalue weighted by Crippen LogP contribution is 2.17. The van der Waals surface area contributed by atoms with Crippen LogP contribution in [0.1, 0.15) is 26.5 Å². The van der Waals surface area contributed by atoms with Crippen molar-refractivity contribution in [2.24, 2.45) is 5.73 Å². The molecule has 0 amide bonds. The van der Waals surface area contributed by atoms with E-state index in [0.717, 1.165) is 0 Å². The average molecular weight is 230 g/mol. The van der Waals surface area contributed by atoms with Crippen molar-refractivity contribution in [3.63, 3.8) is 0 Å². The van der Waals surface area contributed by atoms with E-state index in [1.807, 2.05) is 20.8 Å². The lowest BCUT2D eigenvalue weighted by Gasteiger charge is -2.21. The van der Waals surface area contributed by atoms with Crippen LogP contribution in [0.4, 0.5) is 0 Å². The Hall–Kier alpha value is -1.29.